The van der Waals surface area contributed by atoms with Gasteiger partial charge in [-0.3, -0.25) is 19.7 Å². The molecular formula is C19H25NO5. The summed E-state index contributed by atoms with van der Waals surface area (Å²) in [4.78, 5) is 36.2. The van der Waals surface area contributed by atoms with Crippen LogP contribution in [0.4, 0.5) is 0 Å². The molecule has 0 aliphatic heterocycles. The second-order valence-electron chi connectivity index (χ2n) is 6.66. The van der Waals surface area contributed by atoms with Gasteiger partial charge in [0.25, 0.3) is 0 Å². The first-order valence-electron chi connectivity index (χ1n) is 8.86. The van der Waals surface area contributed by atoms with Gasteiger partial charge in [-0.15, -0.1) is 0 Å². The van der Waals surface area contributed by atoms with Gasteiger partial charge in [-0.25, -0.2) is 0 Å². The van der Waals surface area contributed by atoms with Crippen molar-refractivity contribution < 1.29 is 19.2 Å². The molecule has 0 unspecified atom stereocenters. The minimum atomic E-state index is -1.38. The zero-order valence-electron chi connectivity index (χ0n) is 14.6. The molecule has 0 bridgehead atoms. The van der Waals surface area contributed by atoms with E-state index in [1.807, 2.05) is 30.3 Å². The van der Waals surface area contributed by atoms with Crippen LogP contribution in [0.3, 0.4) is 0 Å². The molecule has 25 heavy (non-hydrogen) atoms. The molecule has 1 aromatic carbocycles. The Balaban J connectivity index is 2.19. The van der Waals surface area contributed by atoms with Gasteiger partial charge < -0.3 is 4.74 Å². The SMILES string of the molecule is CCC(=O)C[C@@H](C(=O)OCc1ccccc1)C1([N+](=O)[O-])CCCCC1. The normalized spacial score (nSPS) is 17.5. The van der Waals surface area contributed by atoms with Crippen LogP contribution in [0.25, 0.3) is 0 Å². The van der Waals surface area contributed by atoms with E-state index >= 15 is 0 Å². The Morgan fingerprint density at radius 2 is 1.84 bits per heavy atom. The lowest BCUT2D eigenvalue weighted by molar-refractivity contribution is -0.583. The molecule has 0 saturated heterocycles. The molecule has 2 rings (SSSR count). The van der Waals surface area contributed by atoms with Crippen molar-refractivity contribution in [1.82, 2.24) is 0 Å². The van der Waals surface area contributed by atoms with Crippen molar-refractivity contribution in [3.05, 3.63) is 46.0 Å². The lowest BCUT2D eigenvalue weighted by Gasteiger charge is -2.34. The third-order valence-electron chi connectivity index (χ3n) is 5.07. The van der Waals surface area contributed by atoms with E-state index in [0.29, 0.717) is 25.7 Å². The summed E-state index contributed by atoms with van der Waals surface area (Å²) in [7, 11) is 0. The van der Waals surface area contributed by atoms with Crippen molar-refractivity contribution in [2.75, 3.05) is 0 Å². The molecule has 1 fully saturated rings. The summed E-state index contributed by atoms with van der Waals surface area (Å²) >= 11 is 0. The van der Waals surface area contributed by atoms with E-state index in [2.05, 4.69) is 0 Å². The number of carbonyl (C=O) groups is 2. The fourth-order valence-corrected chi connectivity index (χ4v) is 3.52. The number of rotatable bonds is 8. The first-order chi connectivity index (χ1) is 12.0. The molecule has 1 saturated carbocycles. The third kappa shape index (κ3) is 4.65. The maximum Gasteiger partial charge on any atom is 0.317 e. The van der Waals surface area contributed by atoms with Crippen LogP contribution >= 0.6 is 0 Å². The number of ether oxygens (including phenoxy) is 1. The maximum atomic E-state index is 12.7. The standard InChI is InChI=1S/C19H25NO5/c1-2-16(21)13-17(19(20(23)24)11-7-4-8-12-19)18(22)25-14-15-9-5-3-6-10-15/h3,5-6,9-10,17H,2,4,7-8,11-14H2,1H3/t17-/m0/s1. The van der Waals surface area contributed by atoms with Crippen LogP contribution in [-0.4, -0.2) is 22.2 Å². The minimum absolute atomic E-state index is 0.0598. The highest BCUT2D eigenvalue weighted by Crippen LogP contribution is 2.40. The summed E-state index contributed by atoms with van der Waals surface area (Å²) in [6, 6.07) is 9.17. The lowest BCUT2D eigenvalue weighted by Crippen LogP contribution is -2.51. The Labute approximate surface area is 147 Å². The number of benzene rings is 1. The van der Waals surface area contributed by atoms with Crippen molar-refractivity contribution in [2.45, 2.75) is 64.0 Å². The number of nitrogens with zero attached hydrogens (tertiary/aromatic N) is 1. The number of carbonyl (C=O) groups excluding carboxylic acids is 2. The van der Waals surface area contributed by atoms with Gasteiger partial charge in [0, 0.05) is 30.6 Å². The average Bonchev–Trinajstić information content (AvgIpc) is 2.65. The monoisotopic (exact) mass is 347 g/mol. The molecule has 0 amide bonds. The number of esters is 1. The van der Waals surface area contributed by atoms with Crippen LogP contribution in [0.2, 0.25) is 0 Å². The quantitative estimate of drug-likeness (QED) is 0.406. The van der Waals surface area contributed by atoms with Crippen LogP contribution in [-0.2, 0) is 20.9 Å². The van der Waals surface area contributed by atoms with Gasteiger partial charge in [0.1, 0.15) is 18.3 Å². The van der Waals surface area contributed by atoms with Gasteiger partial charge in [-0.1, -0.05) is 43.7 Å². The van der Waals surface area contributed by atoms with Crippen LogP contribution < -0.4 is 0 Å². The van der Waals surface area contributed by atoms with Crippen molar-refractivity contribution in [3.8, 4) is 0 Å². The predicted molar refractivity (Wildman–Crippen MR) is 92.5 cm³/mol. The molecule has 1 aliphatic rings. The lowest BCUT2D eigenvalue weighted by atomic mass is 9.71. The fraction of sp³-hybridized carbons (Fsp3) is 0.579. The highest BCUT2D eigenvalue weighted by Gasteiger charge is 2.55. The van der Waals surface area contributed by atoms with Gasteiger partial charge in [0.2, 0.25) is 5.54 Å². The molecule has 136 valence electrons. The zero-order valence-corrected chi connectivity index (χ0v) is 14.6. The first-order valence-corrected chi connectivity index (χ1v) is 8.86. The number of nitro groups is 1. The Bertz CT molecular complexity index is 608. The first kappa shape index (κ1) is 19.1. The van der Waals surface area contributed by atoms with Crippen molar-refractivity contribution in [3.63, 3.8) is 0 Å². The largest absolute Gasteiger partial charge is 0.460 e. The van der Waals surface area contributed by atoms with Gasteiger partial charge >= 0.3 is 5.97 Å². The Morgan fingerprint density at radius 1 is 1.20 bits per heavy atom. The Kier molecular flexibility index (Phi) is 6.67. The van der Waals surface area contributed by atoms with E-state index in [4.69, 9.17) is 4.74 Å². The second-order valence-corrected chi connectivity index (χ2v) is 6.66. The van der Waals surface area contributed by atoms with E-state index in [0.717, 1.165) is 12.0 Å². The smallest absolute Gasteiger partial charge is 0.317 e. The molecule has 0 heterocycles. The van der Waals surface area contributed by atoms with Crippen LogP contribution in [0, 0.1) is 16.0 Å². The number of ketones is 1. The van der Waals surface area contributed by atoms with Gasteiger partial charge in [-0.05, 0) is 18.4 Å². The summed E-state index contributed by atoms with van der Waals surface area (Å²) in [6.45, 7) is 1.76. The van der Waals surface area contributed by atoms with Crippen LogP contribution in [0.15, 0.2) is 30.3 Å². The predicted octanol–water partition coefficient (Wildman–Crippen LogP) is 3.69. The summed E-state index contributed by atoms with van der Waals surface area (Å²) in [6.07, 6.45) is 3.10. The molecule has 0 radical (unpaired) electrons. The van der Waals surface area contributed by atoms with Gasteiger partial charge in [0.15, 0.2) is 0 Å². The zero-order chi connectivity index (χ0) is 18.3. The van der Waals surface area contributed by atoms with Crippen molar-refractivity contribution in [2.24, 2.45) is 5.92 Å². The molecule has 0 spiro atoms. The van der Waals surface area contributed by atoms with Crippen molar-refractivity contribution >= 4 is 11.8 Å². The Morgan fingerprint density at radius 3 is 2.40 bits per heavy atom. The van der Waals surface area contributed by atoms with E-state index in [1.54, 1.807) is 6.92 Å². The van der Waals surface area contributed by atoms with E-state index in [9.17, 15) is 19.7 Å². The van der Waals surface area contributed by atoms with Crippen LogP contribution in [0.1, 0.15) is 57.4 Å². The molecule has 1 atom stereocenters. The molecule has 0 aromatic heterocycles. The number of hydrogen-bond donors (Lipinski definition) is 0. The molecule has 6 heteroatoms. The Hall–Kier alpha value is -2.24. The molecule has 0 N–H and O–H groups in total. The molecule has 1 aliphatic carbocycles. The third-order valence-corrected chi connectivity index (χ3v) is 5.07. The van der Waals surface area contributed by atoms with E-state index < -0.39 is 17.4 Å². The number of hydrogen-bond acceptors (Lipinski definition) is 5. The summed E-state index contributed by atoms with van der Waals surface area (Å²) in [5.74, 6) is -1.79. The average molecular weight is 347 g/mol. The van der Waals surface area contributed by atoms with Gasteiger partial charge in [0.05, 0.1) is 0 Å². The minimum Gasteiger partial charge on any atom is -0.460 e. The van der Waals surface area contributed by atoms with E-state index in [1.165, 1.54) is 0 Å². The van der Waals surface area contributed by atoms with Crippen molar-refractivity contribution in [1.29, 1.82) is 0 Å². The van der Waals surface area contributed by atoms with Gasteiger partial charge in [-0.2, -0.15) is 0 Å². The fourth-order valence-electron chi connectivity index (χ4n) is 3.52. The van der Waals surface area contributed by atoms with Crippen LogP contribution in [0.5, 0.6) is 0 Å². The maximum absolute atomic E-state index is 12.7. The molecular weight excluding hydrogens is 322 g/mol. The summed E-state index contributed by atoms with van der Waals surface area (Å²) < 4.78 is 5.37. The molecule has 1 aromatic rings. The highest BCUT2D eigenvalue weighted by molar-refractivity contribution is 5.85. The summed E-state index contributed by atoms with van der Waals surface area (Å²) in [5, 5.41) is 11.9. The molecule has 6 nitrogen and oxygen atoms in total. The summed E-state index contributed by atoms with van der Waals surface area (Å²) in [5.41, 5.74) is -0.563. The number of Topliss-reactive ketones (excluding diaryl/α,β-unsaturated/α-hetero) is 1. The topological polar surface area (TPSA) is 86.5 Å². The van der Waals surface area contributed by atoms with E-state index in [-0.39, 0.29) is 30.2 Å². The second kappa shape index (κ2) is 8.74. The highest BCUT2D eigenvalue weighted by atomic mass is 16.6.